The number of hydrogen-bond donors (Lipinski definition) is 0. The smallest absolute Gasteiger partial charge is 0.327 e. The molecule has 3 nitrogen and oxygen atoms in total. The van der Waals surface area contributed by atoms with E-state index in [2.05, 4.69) is 22.5 Å². The standard InChI is InChI=1S/C22H26BrNO2/c1-5-20(18-12-14-19(23)15-13-18)22(24(3)4,21(25)26-6-2)16-17-10-8-7-9-11-17/h5,7-15,20H,1,6,16H2,2-4H3/t20-,22+/m1/s1. The Labute approximate surface area is 164 Å². The number of esters is 1. The fourth-order valence-corrected chi connectivity index (χ4v) is 3.63. The molecule has 2 rings (SSSR count). The highest BCUT2D eigenvalue weighted by atomic mass is 79.9. The molecule has 4 heteroatoms. The Hall–Kier alpha value is -1.91. The molecule has 0 saturated carbocycles. The third-order valence-corrected chi connectivity index (χ3v) is 5.25. The van der Waals surface area contributed by atoms with Crippen LogP contribution < -0.4 is 0 Å². The molecule has 0 radical (unpaired) electrons. The lowest BCUT2D eigenvalue weighted by Crippen LogP contribution is -2.57. The number of benzene rings is 2. The zero-order chi connectivity index (χ0) is 19.2. The summed E-state index contributed by atoms with van der Waals surface area (Å²) in [6, 6.07) is 18.1. The summed E-state index contributed by atoms with van der Waals surface area (Å²) in [5, 5.41) is 0. The first-order valence-electron chi connectivity index (χ1n) is 8.72. The molecule has 0 aliphatic heterocycles. The maximum atomic E-state index is 13.2. The van der Waals surface area contributed by atoms with Crippen LogP contribution in [0.15, 0.2) is 71.7 Å². The maximum Gasteiger partial charge on any atom is 0.327 e. The summed E-state index contributed by atoms with van der Waals surface area (Å²) >= 11 is 3.48. The van der Waals surface area contributed by atoms with Gasteiger partial charge in [-0.3, -0.25) is 4.90 Å². The van der Waals surface area contributed by atoms with Gasteiger partial charge < -0.3 is 4.74 Å². The first kappa shape index (κ1) is 20.4. The van der Waals surface area contributed by atoms with Crippen LogP contribution in [0.2, 0.25) is 0 Å². The minimum absolute atomic E-state index is 0.218. The second kappa shape index (κ2) is 9.15. The molecule has 2 atom stereocenters. The van der Waals surface area contributed by atoms with E-state index in [4.69, 9.17) is 4.74 Å². The zero-order valence-electron chi connectivity index (χ0n) is 15.6. The fourth-order valence-electron chi connectivity index (χ4n) is 3.37. The Bertz CT molecular complexity index is 728. The average Bonchev–Trinajstić information content (AvgIpc) is 2.63. The quantitative estimate of drug-likeness (QED) is 0.456. The van der Waals surface area contributed by atoms with Crippen molar-refractivity contribution in [3.63, 3.8) is 0 Å². The molecule has 0 spiro atoms. The molecule has 0 fully saturated rings. The molecule has 0 heterocycles. The highest BCUT2D eigenvalue weighted by Crippen LogP contribution is 2.38. The zero-order valence-corrected chi connectivity index (χ0v) is 17.2. The maximum absolute atomic E-state index is 13.2. The van der Waals surface area contributed by atoms with Crippen molar-refractivity contribution in [3.05, 3.63) is 82.9 Å². The number of hydrogen-bond acceptors (Lipinski definition) is 3. The van der Waals surface area contributed by atoms with Crippen molar-refractivity contribution in [2.75, 3.05) is 20.7 Å². The number of likely N-dealkylation sites (N-methyl/N-ethyl adjacent to an activating group) is 1. The van der Waals surface area contributed by atoms with E-state index in [0.29, 0.717) is 13.0 Å². The molecule has 0 aliphatic carbocycles. The molecular weight excluding hydrogens is 390 g/mol. The molecule has 2 aromatic carbocycles. The van der Waals surface area contributed by atoms with Gasteiger partial charge in [-0.2, -0.15) is 0 Å². The lowest BCUT2D eigenvalue weighted by atomic mass is 9.74. The Morgan fingerprint density at radius 1 is 1.19 bits per heavy atom. The number of halogens is 1. The van der Waals surface area contributed by atoms with E-state index >= 15 is 0 Å². The predicted octanol–water partition coefficient (Wildman–Crippen LogP) is 4.82. The summed E-state index contributed by atoms with van der Waals surface area (Å²) < 4.78 is 6.53. The molecule has 0 aliphatic rings. The summed E-state index contributed by atoms with van der Waals surface area (Å²) in [4.78, 5) is 15.2. The van der Waals surface area contributed by atoms with Gasteiger partial charge in [-0.25, -0.2) is 4.79 Å². The lowest BCUT2D eigenvalue weighted by molar-refractivity contribution is -0.157. The van der Waals surface area contributed by atoms with Gasteiger partial charge in [-0.05, 0) is 44.3 Å². The van der Waals surface area contributed by atoms with Gasteiger partial charge in [-0.1, -0.05) is 64.5 Å². The van der Waals surface area contributed by atoms with Gasteiger partial charge in [0.2, 0.25) is 0 Å². The molecule has 2 aromatic rings. The summed E-state index contributed by atoms with van der Waals surface area (Å²) in [6.45, 7) is 6.22. The van der Waals surface area contributed by atoms with Crippen LogP contribution in [0.25, 0.3) is 0 Å². The van der Waals surface area contributed by atoms with E-state index in [0.717, 1.165) is 15.6 Å². The number of rotatable bonds is 8. The van der Waals surface area contributed by atoms with Crippen LogP contribution in [-0.4, -0.2) is 37.1 Å². The molecule has 138 valence electrons. The first-order chi connectivity index (χ1) is 12.5. The second-order valence-corrected chi connectivity index (χ2v) is 7.38. The van der Waals surface area contributed by atoms with E-state index in [1.165, 1.54) is 0 Å². The minimum Gasteiger partial charge on any atom is -0.465 e. The summed E-state index contributed by atoms with van der Waals surface area (Å²) in [7, 11) is 3.85. The van der Waals surface area contributed by atoms with E-state index in [1.807, 2.05) is 86.6 Å². The van der Waals surface area contributed by atoms with Crippen LogP contribution in [0.3, 0.4) is 0 Å². The summed E-state index contributed by atoms with van der Waals surface area (Å²) in [6.07, 6.45) is 2.38. The average molecular weight is 416 g/mol. The van der Waals surface area contributed by atoms with Crippen molar-refractivity contribution in [2.24, 2.45) is 0 Å². The van der Waals surface area contributed by atoms with Crippen molar-refractivity contribution in [1.29, 1.82) is 0 Å². The van der Waals surface area contributed by atoms with Gasteiger partial charge in [0, 0.05) is 16.8 Å². The van der Waals surface area contributed by atoms with Crippen molar-refractivity contribution < 1.29 is 9.53 Å². The number of carbonyl (C=O) groups excluding carboxylic acids is 1. The van der Waals surface area contributed by atoms with Crippen LogP contribution in [0.4, 0.5) is 0 Å². The normalized spacial score (nSPS) is 14.5. The van der Waals surface area contributed by atoms with E-state index in [1.54, 1.807) is 0 Å². The van der Waals surface area contributed by atoms with Gasteiger partial charge in [0.1, 0.15) is 5.54 Å². The molecular formula is C22H26BrNO2. The molecule has 0 unspecified atom stereocenters. The second-order valence-electron chi connectivity index (χ2n) is 6.47. The summed E-state index contributed by atoms with van der Waals surface area (Å²) in [5.41, 5.74) is 1.23. The number of carbonyl (C=O) groups is 1. The Balaban J connectivity index is 2.60. The third kappa shape index (κ3) is 4.25. The van der Waals surface area contributed by atoms with Crippen molar-refractivity contribution in [1.82, 2.24) is 4.90 Å². The van der Waals surface area contributed by atoms with Crippen molar-refractivity contribution >= 4 is 21.9 Å². The Morgan fingerprint density at radius 2 is 1.81 bits per heavy atom. The van der Waals surface area contributed by atoms with Gasteiger partial charge in [-0.15, -0.1) is 6.58 Å². The Kier molecular flexibility index (Phi) is 7.18. The van der Waals surface area contributed by atoms with Crippen LogP contribution in [0.1, 0.15) is 24.0 Å². The lowest BCUT2D eigenvalue weighted by Gasteiger charge is -2.43. The van der Waals surface area contributed by atoms with Gasteiger partial charge in [0.25, 0.3) is 0 Å². The van der Waals surface area contributed by atoms with E-state index in [-0.39, 0.29) is 11.9 Å². The van der Waals surface area contributed by atoms with Crippen LogP contribution in [0.5, 0.6) is 0 Å². The van der Waals surface area contributed by atoms with Crippen molar-refractivity contribution in [2.45, 2.75) is 24.8 Å². The van der Waals surface area contributed by atoms with Gasteiger partial charge >= 0.3 is 5.97 Å². The SMILES string of the molecule is C=C[C@H](c1ccc(Br)cc1)[C@@](Cc1ccccc1)(C(=O)OCC)N(C)C. The highest BCUT2D eigenvalue weighted by Gasteiger charge is 2.48. The van der Waals surface area contributed by atoms with Crippen LogP contribution in [-0.2, 0) is 16.0 Å². The van der Waals surface area contributed by atoms with Gasteiger partial charge in [0.05, 0.1) is 6.61 Å². The van der Waals surface area contributed by atoms with Crippen LogP contribution >= 0.6 is 15.9 Å². The number of ether oxygens (including phenoxy) is 1. The van der Waals surface area contributed by atoms with E-state index < -0.39 is 5.54 Å². The Morgan fingerprint density at radius 3 is 2.31 bits per heavy atom. The van der Waals surface area contributed by atoms with Crippen molar-refractivity contribution in [3.8, 4) is 0 Å². The topological polar surface area (TPSA) is 29.5 Å². The monoisotopic (exact) mass is 415 g/mol. The fraction of sp³-hybridized carbons (Fsp3) is 0.318. The van der Waals surface area contributed by atoms with E-state index in [9.17, 15) is 4.79 Å². The molecule has 0 bridgehead atoms. The highest BCUT2D eigenvalue weighted by molar-refractivity contribution is 9.10. The van der Waals surface area contributed by atoms with Gasteiger partial charge in [0.15, 0.2) is 0 Å². The molecule has 0 amide bonds. The van der Waals surface area contributed by atoms with Crippen LogP contribution in [0, 0.1) is 0 Å². The first-order valence-corrected chi connectivity index (χ1v) is 9.51. The predicted molar refractivity (Wildman–Crippen MR) is 110 cm³/mol. The largest absolute Gasteiger partial charge is 0.465 e. The summed E-state index contributed by atoms with van der Waals surface area (Å²) in [5.74, 6) is -0.452. The number of nitrogens with zero attached hydrogens (tertiary/aromatic N) is 1. The third-order valence-electron chi connectivity index (χ3n) is 4.72. The minimum atomic E-state index is -0.882. The molecule has 0 N–H and O–H groups in total. The molecule has 26 heavy (non-hydrogen) atoms. The molecule has 0 aromatic heterocycles. The molecule has 0 saturated heterocycles.